The molecule has 0 saturated heterocycles. The molecule has 1 aliphatic rings. The second-order valence-corrected chi connectivity index (χ2v) is 7.38. The van der Waals surface area contributed by atoms with Crippen molar-refractivity contribution in [3.05, 3.63) is 64.0 Å². The molecule has 0 bridgehead atoms. The number of aromatic nitrogens is 3. The van der Waals surface area contributed by atoms with Crippen LogP contribution in [0.4, 0.5) is 4.39 Å². The summed E-state index contributed by atoms with van der Waals surface area (Å²) in [5.74, 6) is -0.0306. The van der Waals surface area contributed by atoms with Gasteiger partial charge in [-0.15, -0.1) is 0 Å². The number of benzene rings is 1. The second kappa shape index (κ2) is 7.59. The Kier molecular flexibility index (Phi) is 4.99. The number of carbonyl (C=O) groups excluding carboxylic acids is 1. The van der Waals surface area contributed by atoms with Gasteiger partial charge in [0.1, 0.15) is 18.1 Å². The number of aryl methyl sites for hydroxylation is 1. The zero-order chi connectivity index (χ0) is 19.7. The van der Waals surface area contributed by atoms with E-state index in [0.717, 1.165) is 0 Å². The summed E-state index contributed by atoms with van der Waals surface area (Å²) in [6.45, 7) is 1.60. The molecule has 0 radical (unpaired) electrons. The summed E-state index contributed by atoms with van der Waals surface area (Å²) in [6, 6.07) is 7.42. The van der Waals surface area contributed by atoms with Gasteiger partial charge in [-0.3, -0.25) is 14.2 Å². The molecule has 0 N–H and O–H groups in total. The molecule has 1 aliphatic heterocycles. The monoisotopic (exact) mass is 401 g/mol. The Morgan fingerprint density at radius 3 is 3.07 bits per heavy atom. The summed E-state index contributed by atoms with van der Waals surface area (Å²) in [6.07, 6.45) is 1.60. The van der Waals surface area contributed by atoms with E-state index in [1.54, 1.807) is 35.9 Å². The molecular weight excluding hydrogens is 385 g/mol. The molecular formula is C19H16FN3O4S. The molecule has 0 spiro atoms. The second-order valence-electron chi connectivity index (χ2n) is 6.39. The van der Waals surface area contributed by atoms with Crippen molar-refractivity contribution >= 4 is 17.7 Å². The van der Waals surface area contributed by atoms with E-state index < -0.39 is 11.8 Å². The molecule has 3 aromatic rings. The van der Waals surface area contributed by atoms with E-state index in [4.69, 9.17) is 9.26 Å². The number of esters is 1. The third kappa shape index (κ3) is 3.57. The number of nitrogens with zero attached hydrogens (tertiary/aromatic N) is 3. The Balaban J connectivity index is 1.39. The number of thioether (sulfide) groups is 1. The molecule has 7 nitrogen and oxygen atoms in total. The third-order valence-electron chi connectivity index (χ3n) is 4.38. The molecule has 0 fully saturated rings. The van der Waals surface area contributed by atoms with Gasteiger partial charge in [0.2, 0.25) is 0 Å². The molecule has 4 rings (SSSR count). The third-order valence-corrected chi connectivity index (χ3v) is 5.49. The van der Waals surface area contributed by atoms with Crippen molar-refractivity contribution in [3.8, 4) is 11.3 Å². The van der Waals surface area contributed by atoms with E-state index in [9.17, 15) is 14.0 Å². The standard InChI is InChI=1S/C19H16FN3O4S/c1-11-8-21-19-23(18(11)25)13(10-28-19)7-17(24)26-9-12-6-16(27-22-12)14-4-2-3-5-15(14)20/h2-6,8,13H,7,9-10H2,1H3. The van der Waals surface area contributed by atoms with E-state index >= 15 is 0 Å². The Hall–Kier alpha value is -2.94. The van der Waals surface area contributed by atoms with Gasteiger partial charge in [0.05, 0.1) is 18.0 Å². The number of ether oxygens (including phenoxy) is 1. The van der Waals surface area contributed by atoms with Crippen LogP contribution in [-0.4, -0.2) is 26.4 Å². The van der Waals surface area contributed by atoms with Crippen molar-refractivity contribution in [2.24, 2.45) is 0 Å². The quantitative estimate of drug-likeness (QED) is 0.479. The van der Waals surface area contributed by atoms with Crippen LogP contribution in [-0.2, 0) is 16.1 Å². The molecule has 0 saturated carbocycles. The topological polar surface area (TPSA) is 87.2 Å². The molecule has 1 unspecified atom stereocenters. The number of rotatable bonds is 5. The first-order valence-corrected chi connectivity index (χ1v) is 9.58. The van der Waals surface area contributed by atoms with Crippen LogP contribution in [0.25, 0.3) is 11.3 Å². The molecule has 0 amide bonds. The van der Waals surface area contributed by atoms with Crippen LogP contribution in [0, 0.1) is 12.7 Å². The molecule has 28 heavy (non-hydrogen) atoms. The Morgan fingerprint density at radius 1 is 1.43 bits per heavy atom. The molecule has 0 aliphatic carbocycles. The maximum atomic E-state index is 13.8. The Labute approximate surface area is 163 Å². The van der Waals surface area contributed by atoms with Crippen LogP contribution in [0.3, 0.4) is 0 Å². The Morgan fingerprint density at radius 2 is 2.25 bits per heavy atom. The number of hydrogen-bond acceptors (Lipinski definition) is 7. The number of carbonyl (C=O) groups is 1. The van der Waals surface area contributed by atoms with Crippen molar-refractivity contribution in [1.29, 1.82) is 0 Å². The summed E-state index contributed by atoms with van der Waals surface area (Å²) in [5.41, 5.74) is 1.06. The lowest BCUT2D eigenvalue weighted by molar-refractivity contribution is -0.145. The predicted molar refractivity (Wildman–Crippen MR) is 99.3 cm³/mol. The van der Waals surface area contributed by atoms with Crippen molar-refractivity contribution in [3.63, 3.8) is 0 Å². The fourth-order valence-corrected chi connectivity index (χ4v) is 4.05. The number of halogens is 1. The summed E-state index contributed by atoms with van der Waals surface area (Å²) in [7, 11) is 0. The van der Waals surface area contributed by atoms with Gasteiger partial charge in [-0.1, -0.05) is 29.1 Å². The normalized spacial score (nSPS) is 15.4. The highest BCUT2D eigenvalue weighted by Gasteiger charge is 2.28. The minimum Gasteiger partial charge on any atom is -0.459 e. The first-order valence-electron chi connectivity index (χ1n) is 8.60. The van der Waals surface area contributed by atoms with Crippen molar-refractivity contribution in [1.82, 2.24) is 14.7 Å². The number of fused-ring (bicyclic) bond motifs is 1. The average molecular weight is 401 g/mol. The maximum Gasteiger partial charge on any atom is 0.308 e. The summed E-state index contributed by atoms with van der Waals surface area (Å²) >= 11 is 1.44. The first kappa shape index (κ1) is 18.4. The van der Waals surface area contributed by atoms with E-state index in [0.29, 0.717) is 22.2 Å². The Bertz CT molecular complexity index is 1090. The lowest BCUT2D eigenvalue weighted by Gasteiger charge is -2.12. The van der Waals surface area contributed by atoms with Crippen molar-refractivity contribution in [2.75, 3.05) is 5.75 Å². The zero-order valence-corrected chi connectivity index (χ0v) is 15.7. The van der Waals surface area contributed by atoms with Crippen LogP contribution in [0.15, 0.2) is 51.0 Å². The smallest absolute Gasteiger partial charge is 0.308 e. The van der Waals surface area contributed by atoms with Crippen LogP contribution < -0.4 is 5.56 Å². The van der Waals surface area contributed by atoms with Gasteiger partial charge < -0.3 is 9.26 Å². The predicted octanol–water partition coefficient (Wildman–Crippen LogP) is 3.13. The minimum absolute atomic E-state index is 0.0586. The first-order chi connectivity index (χ1) is 13.5. The largest absolute Gasteiger partial charge is 0.459 e. The van der Waals surface area contributed by atoms with Crippen LogP contribution in [0.2, 0.25) is 0 Å². The molecule has 1 atom stereocenters. The lowest BCUT2D eigenvalue weighted by atomic mass is 10.1. The highest BCUT2D eigenvalue weighted by molar-refractivity contribution is 7.99. The molecule has 2 aromatic heterocycles. The molecule has 1 aromatic carbocycles. The summed E-state index contributed by atoms with van der Waals surface area (Å²) in [4.78, 5) is 28.8. The average Bonchev–Trinajstić information content (AvgIpc) is 3.31. The summed E-state index contributed by atoms with van der Waals surface area (Å²) in [5, 5.41) is 4.42. The van der Waals surface area contributed by atoms with Gasteiger partial charge in [0, 0.05) is 23.6 Å². The molecule has 144 valence electrons. The van der Waals surface area contributed by atoms with E-state index in [1.165, 1.54) is 23.9 Å². The van der Waals surface area contributed by atoms with Crippen LogP contribution >= 0.6 is 11.8 Å². The fraction of sp³-hybridized carbons (Fsp3) is 0.263. The van der Waals surface area contributed by atoms with E-state index in [1.807, 2.05) is 0 Å². The van der Waals surface area contributed by atoms with Gasteiger partial charge in [0.25, 0.3) is 5.56 Å². The van der Waals surface area contributed by atoms with Crippen molar-refractivity contribution in [2.45, 2.75) is 31.1 Å². The lowest BCUT2D eigenvalue weighted by Crippen LogP contribution is -2.27. The van der Waals surface area contributed by atoms with E-state index in [2.05, 4.69) is 10.1 Å². The van der Waals surface area contributed by atoms with Crippen LogP contribution in [0.5, 0.6) is 0 Å². The highest BCUT2D eigenvalue weighted by atomic mass is 32.2. The molecule has 9 heteroatoms. The van der Waals surface area contributed by atoms with Crippen LogP contribution in [0.1, 0.15) is 23.7 Å². The molecule has 3 heterocycles. The minimum atomic E-state index is -0.456. The van der Waals surface area contributed by atoms with Gasteiger partial charge >= 0.3 is 5.97 Å². The highest BCUT2D eigenvalue weighted by Crippen LogP contribution is 2.32. The fourth-order valence-electron chi connectivity index (χ4n) is 2.94. The van der Waals surface area contributed by atoms with Crippen molar-refractivity contribution < 1.29 is 18.4 Å². The van der Waals surface area contributed by atoms with Gasteiger partial charge in [-0.25, -0.2) is 9.37 Å². The zero-order valence-electron chi connectivity index (χ0n) is 14.9. The maximum absolute atomic E-state index is 13.8. The number of hydrogen-bond donors (Lipinski definition) is 0. The van der Waals surface area contributed by atoms with E-state index in [-0.39, 0.29) is 36.0 Å². The SMILES string of the molecule is Cc1cnc2n(c1=O)C(CC(=O)OCc1cc(-c3ccccc3F)on1)CS2. The van der Waals surface area contributed by atoms with Gasteiger partial charge in [0.15, 0.2) is 10.9 Å². The summed E-state index contributed by atoms with van der Waals surface area (Å²) < 4.78 is 25.7. The van der Waals surface area contributed by atoms with Gasteiger partial charge in [-0.2, -0.15) is 0 Å². The van der Waals surface area contributed by atoms with Gasteiger partial charge in [-0.05, 0) is 19.1 Å².